The molecule has 0 bridgehead atoms. The Morgan fingerprint density at radius 3 is 3.04 bits per heavy atom. The molecule has 0 radical (unpaired) electrons. The highest BCUT2D eigenvalue weighted by molar-refractivity contribution is 8.26. The predicted molar refractivity (Wildman–Crippen MR) is 101 cm³/mol. The average molecular weight is 361 g/mol. The van der Waals surface area contributed by atoms with Gasteiger partial charge in [0.15, 0.2) is 0 Å². The van der Waals surface area contributed by atoms with Gasteiger partial charge in [-0.25, -0.2) is 0 Å². The third kappa shape index (κ3) is 3.10. The molecule has 4 nitrogen and oxygen atoms in total. The Kier molecular flexibility index (Phi) is 4.61. The van der Waals surface area contributed by atoms with E-state index in [0.29, 0.717) is 10.9 Å². The largest absolute Gasteiger partial charge is 0.376 e. The van der Waals surface area contributed by atoms with E-state index in [1.54, 1.807) is 4.90 Å². The van der Waals surface area contributed by atoms with Gasteiger partial charge in [0, 0.05) is 25.0 Å². The summed E-state index contributed by atoms with van der Waals surface area (Å²) in [6.07, 6.45) is 6.38. The second-order valence-electron chi connectivity index (χ2n) is 6.34. The van der Waals surface area contributed by atoms with E-state index in [9.17, 15) is 4.79 Å². The highest BCUT2D eigenvalue weighted by Gasteiger charge is 2.35. The number of hydrogen-bond acceptors (Lipinski definition) is 5. The molecule has 3 aliphatic heterocycles. The molecule has 3 heterocycles. The molecule has 2 saturated heterocycles. The van der Waals surface area contributed by atoms with Gasteiger partial charge in [0.2, 0.25) is 0 Å². The minimum absolute atomic E-state index is 0.0172. The molecular weight excluding hydrogens is 340 g/mol. The first-order valence-electron chi connectivity index (χ1n) is 8.44. The van der Waals surface area contributed by atoms with Crippen molar-refractivity contribution in [3.8, 4) is 0 Å². The normalized spacial score (nSPS) is 25.7. The first-order chi connectivity index (χ1) is 11.7. The third-order valence-electron chi connectivity index (χ3n) is 4.70. The molecule has 0 unspecified atom stereocenters. The Bertz CT molecular complexity index is 698. The number of ether oxygens (including phenoxy) is 1. The van der Waals surface area contributed by atoms with Crippen LogP contribution in [0.2, 0.25) is 0 Å². The molecule has 1 amide bonds. The smallest absolute Gasteiger partial charge is 0.267 e. The van der Waals surface area contributed by atoms with Crippen LogP contribution in [0.5, 0.6) is 0 Å². The van der Waals surface area contributed by atoms with E-state index in [1.165, 1.54) is 23.0 Å². The fourth-order valence-electron chi connectivity index (χ4n) is 3.48. The van der Waals surface area contributed by atoms with Gasteiger partial charge < -0.3 is 9.64 Å². The van der Waals surface area contributed by atoms with Crippen molar-refractivity contribution in [1.29, 1.82) is 0 Å². The highest BCUT2D eigenvalue weighted by atomic mass is 32.2. The number of carbonyl (C=O) groups excluding carboxylic acids is 1. The van der Waals surface area contributed by atoms with Gasteiger partial charge in [0.05, 0.1) is 17.6 Å². The van der Waals surface area contributed by atoms with Gasteiger partial charge in [-0.05, 0) is 37.3 Å². The van der Waals surface area contributed by atoms with E-state index < -0.39 is 0 Å². The molecule has 0 aromatic heterocycles. The molecule has 3 aliphatic rings. The van der Waals surface area contributed by atoms with Crippen molar-refractivity contribution < 1.29 is 9.53 Å². The van der Waals surface area contributed by atoms with Gasteiger partial charge >= 0.3 is 0 Å². The van der Waals surface area contributed by atoms with Crippen LogP contribution in [-0.2, 0) is 16.0 Å². The molecular formula is C18H20N2O2S2. The van der Waals surface area contributed by atoms with Crippen LogP contribution in [0.4, 0.5) is 5.69 Å². The number of anilines is 1. The molecule has 0 N–H and O–H groups in total. The van der Waals surface area contributed by atoms with Crippen molar-refractivity contribution in [2.24, 2.45) is 0 Å². The molecule has 1 aromatic rings. The summed E-state index contributed by atoms with van der Waals surface area (Å²) in [7, 11) is 0. The maximum Gasteiger partial charge on any atom is 0.267 e. The number of thioether (sulfide) groups is 1. The summed E-state index contributed by atoms with van der Waals surface area (Å²) >= 11 is 6.83. The zero-order chi connectivity index (χ0) is 16.5. The molecule has 0 spiro atoms. The zero-order valence-corrected chi connectivity index (χ0v) is 15.1. The number of fused-ring (bicyclic) bond motifs is 1. The molecule has 24 heavy (non-hydrogen) atoms. The molecule has 1 aromatic carbocycles. The Morgan fingerprint density at radius 1 is 1.33 bits per heavy atom. The standard InChI is InChI=1S/C18H20N2O2S2/c21-17-16(24-18(23)20(17)11-14-7-4-10-22-14)12-19-9-3-6-13-5-1-2-8-15(13)19/h1-2,5,8,12,14H,3-4,6-7,9-11H2/b16-12-/t14-/m1/s1. The first kappa shape index (κ1) is 16.1. The topological polar surface area (TPSA) is 32.8 Å². The second kappa shape index (κ2) is 6.86. The minimum Gasteiger partial charge on any atom is -0.376 e. The second-order valence-corrected chi connectivity index (χ2v) is 8.01. The number of benzene rings is 1. The first-order valence-corrected chi connectivity index (χ1v) is 9.66. The van der Waals surface area contributed by atoms with Gasteiger partial charge in [-0.2, -0.15) is 0 Å². The minimum atomic E-state index is 0.0172. The molecule has 0 saturated carbocycles. The highest BCUT2D eigenvalue weighted by Crippen LogP contribution is 2.35. The molecule has 4 rings (SSSR count). The Balaban J connectivity index is 1.53. The van der Waals surface area contributed by atoms with Gasteiger partial charge in [0.1, 0.15) is 4.32 Å². The van der Waals surface area contributed by atoms with Crippen molar-refractivity contribution >= 4 is 39.9 Å². The van der Waals surface area contributed by atoms with Crippen molar-refractivity contribution in [1.82, 2.24) is 4.90 Å². The van der Waals surface area contributed by atoms with E-state index in [-0.39, 0.29) is 12.0 Å². The van der Waals surface area contributed by atoms with Crippen LogP contribution in [0.25, 0.3) is 0 Å². The third-order valence-corrected chi connectivity index (χ3v) is 6.07. The molecule has 1 atom stereocenters. The van der Waals surface area contributed by atoms with Crippen LogP contribution in [0.1, 0.15) is 24.8 Å². The van der Waals surface area contributed by atoms with Gasteiger partial charge in [-0.3, -0.25) is 9.69 Å². The lowest BCUT2D eigenvalue weighted by molar-refractivity contribution is -0.123. The number of hydrogen-bond donors (Lipinski definition) is 0. The lowest BCUT2D eigenvalue weighted by Gasteiger charge is -2.28. The fraction of sp³-hybridized carbons (Fsp3) is 0.444. The zero-order valence-electron chi connectivity index (χ0n) is 13.4. The van der Waals surface area contributed by atoms with Crippen molar-refractivity contribution in [3.05, 3.63) is 40.9 Å². The van der Waals surface area contributed by atoms with Crippen LogP contribution < -0.4 is 4.90 Å². The lowest BCUT2D eigenvalue weighted by Crippen LogP contribution is -2.35. The number of carbonyl (C=O) groups is 1. The monoisotopic (exact) mass is 360 g/mol. The van der Waals surface area contributed by atoms with E-state index >= 15 is 0 Å². The van der Waals surface area contributed by atoms with Crippen LogP contribution in [0.3, 0.4) is 0 Å². The Morgan fingerprint density at radius 2 is 2.21 bits per heavy atom. The summed E-state index contributed by atoms with van der Waals surface area (Å²) in [6, 6.07) is 8.41. The summed E-state index contributed by atoms with van der Waals surface area (Å²) in [6.45, 7) is 2.31. The molecule has 0 aliphatic carbocycles. The summed E-state index contributed by atoms with van der Waals surface area (Å²) in [5, 5.41) is 0. The Labute approximate surface area is 151 Å². The number of thiocarbonyl (C=S) groups is 1. The number of rotatable bonds is 3. The summed E-state index contributed by atoms with van der Waals surface area (Å²) < 4.78 is 6.30. The van der Waals surface area contributed by atoms with Crippen LogP contribution in [0.15, 0.2) is 35.4 Å². The van der Waals surface area contributed by atoms with Crippen molar-refractivity contribution in [2.75, 3.05) is 24.6 Å². The quantitative estimate of drug-likeness (QED) is 0.610. The SMILES string of the molecule is O=C1/C(=C/N2CCCc3ccccc32)SC(=S)N1C[C@H]1CCCO1. The molecule has 126 valence electrons. The molecule has 6 heteroatoms. The maximum atomic E-state index is 12.8. The summed E-state index contributed by atoms with van der Waals surface area (Å²) in [5.41, 5.74) is 2.54. The number of aryl methyl sites for hydroxylation is 1. The van der Waals surface area contributed by atoms with Crippen molar-refractivity contribution in [2.45, 2.75) is 31.8 Å². The predicted octanol–water partition coefficient (Wildman–Crippen LogP) is 3.32. The fourth-order valence-corrected chi connectivity index (χ4v) is 4.74. The van der Waals surface area contributed by atoms with Crippen LogP contribution in [0, 0.1) is 0 Å². The Hall–Kier alpha value is -1.37. The van der Waals surface area contributed by atoms with Crippen molar-refractivity contribution in [3.63, 3.8) is 0 Å². The van der Waals surface area contributed by atoms with E-state index in [4.69, 9.17) is 17.0 Å². The number of amides is 1. The number of nitrogens with zero attached hydrogens (tertiary/aromatic N) is 2. The van der Waals surface area contributed by atoms with E-state index in [0.717, 1.165) is 43.7 Å². The maximum absolute atomic E-state index is 12.8. The summed E-state index contributed by atoms with van der Waals surface area (Å²) in [4.78, 5) is 17.4. The van der Waals surface area contributed by atoms with E-state index in [2.05, 4.69) is 23.1 Å². The number of para-hydroxylation sites is 1. The van der Waals surface area contributed by atoms with Gasteiger partial charge in [-0.1, -0.05) is 42.2 Å². The lowest BCUT2D eigenvalue weighted by atomic mass is 10.0. The molecule has 2 fully saturated rings. The van der Waals surface area contributed by atoms with Crippen LogP contribution >= 0.6 is 24.0 Å². The average Bonchev–Trinajstić information content (AvgIpc) is 3.20. The van der Waals surface area contributed by atoms with Gasteiger partial charge in [0.25, 0.3) is 5.91 Å². The van der Waals surface area contributed by atoms with Gasteiger partial charge in [-0.15, -0.1) is 0 Å². The van der Waals surface area contributed by atoms with E-state index in [1.807, 2.05) is 12.3 Å². The van der Waals surface area contributed by atoms with Crippen LogP contribution in [-0.4, -0.2) is 40.9 Å². The summed E-state index contributed by atoms with van der Waals surface area (Å²) in [5.74, 6) is 0.0172.